The molecule has 1 aromatic rings. The molecule has 0 aliphatic carbocycles. The molecular weight excluding hydrogens is 228 g/mol. The van der Waals surface area contributed by atoms with Crippen molar-refractivity contribution in [2.24, 2.45) is 0 Å². The summed E-state index contributed by atoms with van der Waals surface area (Å²) in [5.74, 6) is -0.993. The Hall–Kier alpha value is -2.24. The molecule has 0 aliphatic heterocycles. The van der Waals surface area contributed by atoms with E-state index in [0.29, 0.717) is 11.5 Å². The first-order chi connectivity index (χ1) is 8.06. The van der Waals surface area contributed by atoms with Crippen LogP contribution >= 0.6 is 0 Å². The number of esters is 1. The third kappa shape index (κ3) is 3.67. The molecule has 17 heavy (non-hydrogen) atoms. The van der Waals surface area contributed by atoms with E-state index in [-0.39, 0.29) is 5.75 Å². The number of aliphatic carboxylic acids is 1. The number of carbonyl (C=O) groups excluding carboxylic acids is 1. The smallest absolute Gasteiger partial charge is 0.322 e. The molecule has 6 nitrogen and oxygen atoms in total. The number of methoxy groups -OCH3 is 2. The summed E-state index contributed by atoms with van der Waals surface area (Å²) in [5, 5.41) is 8.40. The summed E-state index contributed by atoms with van der Waals surface area (Å²) in [6, 6.07) is 4.49. The van der Waals surface area contributed by atoms with Crippen molar-refractivity contribution in [2.75, 3.05) is 14.2 Å². The Balaban J connectivity index is 2.79. The van der Waals surface area contributed by atoms with Crippen LogP contribution < -0.4 is 14.2 Å². The summed E-state index contributed by atoms with van der Waals surface area (Å²) in [6.07, 6.45) is -0.686. The molecule has 0 spiro atoms. The number of rotatable bonds is 5. The van der Waals surface area contributed by atoms with Gasteiger partial charge in [0.25, 0.3) is 0 Å². The van der Waals surface area contributed by atoms with Gasteiger partial charge in [0.2, 0.25) is 0 Å². The van der Waals surface area contributed by atoms with Crippen LogP contribution in [0.4, 0.5) is 0 Å². The molecule has 1 rings (SSSR count). The van der Waals surface area contributed by atoms with Crippen LogP contribution in [-0.4, -0.2) is 31.3 Å². The van der Waals surface area contributed by atoms with Gasteiger partial charge in [0, 0.05) is 6.07 Å². The highest BCUT2D eigenvalue weighted by Gasteiger charge is 2.12. The minimum absolute atomic E-state index is 0.203. The largest absolute Gasteiger partial charge is 0.493 e. The molecule has 1 aromatic carbocycles. The van der Waals surface area contributed by atoms with Crippen molar-refractivity contribution >= 4 is 11.9 Å². The maximum absolute atomic E-state index is 11.1. The second-order valence-corrected chi connectivity index (χ2v) is 3.06. The Bertz CT molecular complexity index is 426. The Morgan fingerprint density at radius 2 is 1.82 bits per heavy atom. The van der Waals surface area contributed by atoms with Crippen LogP contribution in [0.1, 0.15) is 6.42 Å². The van der Waals surface area contributed by atoms with Crippen molar-refractivity contribution in [3.63, 3.8) is 0 Å². The summed E-state index contributed by atoms with van der Waals surface area (Å²) in [7, 11) is 2.93. The molecule has 0 aromatic heterocycles. The van der Waals surface area contributed by atoms with Crippen LogP contribution in [0.25, 0.3) is 0 Å². The van der Waals surface area contributed by atoms with Crippen molar-refractivity contribution in [3.05, 3.63) is 18.2 Å². The second kappa shape index (κ2) is 5.74. The molecule has 0 aliphatic rings. The van der Waals surface area contributed by atoms with Crippen LogP contribution in [0.3, 0.4) is 0 Å². The minimum atomic E-state index is -1.24. The summed E-state index contributed by atoms with van der Waals surface area (Å²) >= 11 is 0. The number of ether oxygens (including phenoxy) is 3. The summed E-state index contributed by atoms with van der Waals surface area (Å²) in [4.78, 5) is 21.4. The average Bonchev–Trinajstić information content (AvgIpc) is 2.27. The van der Waals surface area contributed by atoms with E-state index < -0.39 is 18.4 Å². The van der Waals surface area contributed by atoms with Gasteiger partial charge in [-0.05, 0) is 12.1 Å². The second-order valence-electron chi connectivity index (χ2n) is 3.06. The maximum atomic E-state index is 11.1. The molecule has 0 saturated carbocycles. The van der Waals surface area contributed by atoms with Crippen molar-refractivity contribution < 1.29 is 28.9 Å². The molecule has 0 fully saturated rings. The van der Waals surface area contributed by atoms with Crippen LogP contribution in [0, 0.1) is 0 Å². The topological polar surface area (TPSA) is 82.1 Å². The molecule has 0 atom stereocenters. The highest BCUT2D eigenvalue weighted by Crippen LogP contribution is 2.30. The highest BCUT2D eigenvalue weighted by atomic mass is 16.5. The van der Waals surface area contributed by atoms with E-state index in [1.165, 1.54) is 26.4 Å². The van der Waals surface area contributed by atoms with E-state index in [4.69, 9.17) is 19.3 Å². The lowest BCUT2D eigenvalue weighted by molar-refractivity contribution is -0.145. The molecule has 1 N–H and O–H groups in total. The Morgan fingerprint density at radius 1 is 1.18 bits per heavy atom. The molecule has 92 valence electrons. The SMILES string of the molecule is COc1ccc(OC(=O)CC(=O)O)cc1OC. The first kappa shape index (κ1) is 12.8. The fourth-order valence-corrected chi connectivity index (χ4v) is 1.17. The third-order valence-corrected chi connectivity index (χ3v) is 1.88. The monoisotopic (exact) mass is 240 g/mol. The summed E-state index contributed by atoms with van der Waals surface area (Å²) in [6.45, 7) is 0. The van der Waals surface area contributed by atoms with Crippen molar-refractivity contribution in [2.45, 2.75) is 6.42 Å². The minimum Gasteiger partial charge on any atom is -0.493 e. The van der Waals surface area contributed by atoms with Gasteiger partial charge in [-0.25, -0.2) is 0 Å². The molecule has 6 heteroatoms. The van der Waals surface area contributed by atoms with E-state index >= 15 is 0 Å². The molecule has 0 unspecified atom stereocenters. The summed E-state index contributed by atoms with van der Waals surface area (Å²) in [5.41, 5.74) is 0. The van der Waals surface area contributed by atoms with E-state index in [0.717, 1.165) is 0 Å². The molecular formula is C11H12O6. The number of hydrogen-bond acceptors (Lipinski definition) is 5. The standard InChI is InChI=1S/C11H12O6/c1-15-8-4-3-7(5-9(8)16-2)17-11(14)6-10(12)13/h3-5H,6H2,1-2H3,(H,12,13). The Labute approximate surface area is 97.7 Å². The first-order valence-electron chi connectivity index (χ1n) is 4.71. The zero-order valence-corrected chi connectivity index (χ0v) is 9.43. The molecule has 0 heterocycles. The third-order valence-electron chi connectivity index (χ3n) is 1.88. The van der Waals surface area contributed by atoms with Crippen LogP contribution in [0.5, 0.6) is 17.2 Å². The zero-order valence-electron chi connectivity index (χ0n) is 9.43. The number of carboxylic acids is 1. The highest BCUT2D eigenvalue weighted by molar-refractivity contribution is 5.91. The fraction of sp³-hybridized carbons (Fsp3) is 0.273. The van der Waals surface area contributed by atoms with Gasteiger partial charge in [-0.3, -0.25) is 9.59 Å². The lowest BCUT2D eigenvalue weighted by Gasteiger charge is -2.09. The molecule has 0 saturated heterocycles. The van der Waals surface area contributed by atoms with Crippen molar-refractivity contribution in [3.8, 4) is 17.2 Å². The van der Waals surface area contributed by atoms with E-state index in [2.05, 4.69) is 0 Å². The maximum Gasteiger partial charge on any atom is 0.322 e. The molecule has 0 radical (unpaired) electrons. The molecule has 0 amide bonds. The predicted octanol–water partition coefficient (Wildman–Crippen LogP) is 1.08. The van der Waals surface area contributed by atoms with Gasteiger partial charge in [-0.1, -0.05) is 0 Å². The van der Waals surface area contributed by atoms with E-state index in [1.54, 1.807) is 6.07 Å². The van der Waals surface area contributed by atoms with Gasteiger partial charge >= 0.3 is 11.9 Å². The lowest BCUT2D eigenvalue weighted by Crippen LogP contribution is -2.13. The number of hydrogen-bond donors (Lipinski definition) is 1. The van der Waals surface area contributed by atoms with Crippen LogP contribution in [0.2, 0.25) is 0 Å². The van der Waals surface area contributed by atoms with E-state index in [1.807, 2.05) is 0 Å². The van der Waals surface area contributed by atoms with Crippen LogP contribution in [0.15, 0.2) is 18.2 Å². The van der Waals surface area contributed by atoms with Gasteiger partial charge in [0.05, 0.1) is 14.2 Å². The fourth-order valence-electron chi connectivity index (χ4n) is 1.17. The number of carbonyl (C=O) groups is 2. The normalized spacial score (nSPS) is 9.53. The van der Waals surface area contributed by atoms with Gasteiger partial charge < -0.3 is 19.3 Å². The van der Waals surface area contributed by atoms with Crippen molar-refractivity contribution in [1.29, 1.82) is 0 Å². The number of carboxylic acid groups (broad SMARTS) is 1. The Morgan fingerprint density at radius 3 is 2.35 bits per heavy atom. The van der Waals surface area contributed by atoms with Crippen LogP contribution in [-0.2, 0) is 9.59 Å². The predicted molar refractivity (Wildman–Crippen MR) is 57.4 cm³/mol. The van der Waals surface area contributed by atoms with Gasteiger partial charge in [-0.2, -0.15) is 0 Å². The lowest BCUT2D eigenvalue weighted by atomic mass is 10.3. The van der Waals surface area contributed by atoms with Gasteiger partial charge in [-0.15, -0.1) is 0 Å². The molecule has 0 bridgehead atoms. The van der Waals surface area contributed by atoms with E-state index in [9.17, 15) is 9.59 Å². The summed E-state index contributed by atoms with van der Waals surface area (Å²) < 4.78 is 14.8. The Kier molecular flexibility index (Phi) is 4.33. The van der Waals surface area contributed by atoms with Gasteiger partial charge in [0.1, 0.15) is 12.2 Å². The average molecular weight is 240 g/mol. The quantitative estimate of drug-likeness (QED) is 0.471. The van der Waals surface area contributed by atoms with Gasteiger partial charge in [0.15, 0.2) is 11.5 Å². The van der Waals surface area contributed by atoms with Crippen molar-refractivity contribution in [1.82, 2.24) is 0 Å². The first-order valence-corrected chi connectivity index (χ1v) is 4.71. The zero-order chi connectivity index (χ0) is 12.8. The number of benzene rings is 1.